The molecular formula is C20H19N3OS. The van der Waals surface area contributed by atoms with Gasteiger partial charge in [0.25, 0.3) is 0 Å². The first-order valence-electron chi connectivity index (χ1n) is 8.45. The molecule has 5 heteroatoms. The maximum atomic E-state index is 12.3. The van der Waals surface area contributed by atoms with Gasteiger partial charge >= 0.3 is 0 Å². The van der Waals surface area contributed by atoms with Crippen molar-refractivity contribution in [2.24, 2.45) is 0 Å². The van der Waals surface area contributed by atoms with Gasteiger partial charge in [0.15, 0.2) is 0 Å². The summed E-state index contributed by atoms with van der Waals surface area (Å²) in [6.45, 7) is 1.99. The molecule has 1 N–H and O–H groups in total. The Morgan fingerprint density at radius 2 is 1.88 bits per heavy atom. The SMILES string of the molecule is Cc1ccccc1NC(=O)CSc1nc(C2CC2)nc2ccccc12. The van der Waals surface area contributed by atoms with Gasteiger partial charge in [-0.1, -0.05) is 48.2 Å². The molecule has 1 amide bonds. The predicted octanol–water partition coefficient (Wildman–Crippen LogP) is 4.55. The van der Waals surface area contributed by atoms with Gasteiger partial charge < -0.3 is 5.32 Å². The van der Waals surface area contributed by atoms with Crippen LogP contribution < -0.4 is 5.32 Å². The fourth-order valence-corrected chi connectivity index (χ4v) is 3.56. The molecule has 1 aliphatic rings. The molecule has 1 aromatic heterocycles. The van der Waals surface area contributed by atoms with Crippen LogP contribution >= 0.6 is 11.8 Å². The minimum absolute atomic E-state index is 0.0186. The minimum atomic E-state index is -0.0186. The molecule has 2 aromatic carbocycles. The van der Waals surface area contributed by atoms with Gasteiger partial charge in [0.2, 0.25) is 5.91 Å². The number of aromatic nitrogens is 2. The number of carbonyl (C=O) groups excluding carboxylic acids is 1. The molecule has 0 aliphatic heterocycles. The molecule has 1 saturated carbocycles. The summed E-state index contributed by atoms with van der Waals surface area (Å²) in [5.74, 6) is 1.72. The normalized spacial score (nSPS) is 13.8. The van der Waals surface area contributed by atoms with E-state index in [1.807, 2.05) is 55.5 Å². The van der Waals surface area contributed by atoms with Crippen LogP contribution in [-0.4, -0.2) is 21.6 Å². The van der Waals surface area contributed by atoms with Gasteiger partial charge in [0.05, 0.1) is 11.3 Å². The van der Waals surface area contributed by atoms with Crippen LogP contribution in [0.4, 0.5) is 5.69 Å². The fourth-order valence-electron chi connectivity index (χ4n) is 2.73. The Balaban J connectivity index is 1.52. The number of para-hydroxylation sites is 2. The monoisotopic (exact) mass is 349 g/mol. The molecule has 1 fully saturated rings. The molecule has 1 aliphatic carbocycles. The van der Waals surface area contributed by atoms with Crippen molar-refractivity contribution >= 4 is 34.3 Å². The Labute approximate surface area is 151 Å². The molecule has 0 atom stereocenters. The number of fused-ring (bicyclic) bond motifs is 1. The molecule has 25 heavy (non-hydrogen) atoms. The zero-order chi connectivity index (χ0) is 17.2. The maximum absolute atomic E-state index is 12.3. The average Bonchev–Trinajstić information content (AvgIpc) is 3.46. The molecule has 0 unspecified atom stereocenters. The Morgan fingerprint density at radius 1 is 1.12 bits per heavy atom. The van der Waals surface area contributed by atoms with E-state index in [4.69, 9.17) is 4.98 Å². The molecule has 4 nitrogen and oxygen atoms in total. The van der Waals surface area contributed by atoms with Crippen molar-refractivity contribution in [1.82, 2.24) is 9.97 Å². The number of carbonyl (C=O) groups is 1. The average molecular weight is 349 g/mol. The lowest BCUT2D eigenvalue weighted by molar-refractivity contribution is -0.113. The van der Waals surface area contributed by atoms with Crippen LogP contribution in [0.1, 0.15) is 30.1 Å². The molecular weight excluding hydrogens is 330 g/mol. The van der Waals surface area contributed by atoms with Gasteiger partial charge in [-0.2, -0.15) is 0 Å². The number of anilines is 1. The summed E-state index contributed by atoms with van der Waals surface area (Å²) in [5, 5.41) is 4.89. The quantitative estimate of drug-likeness (QED) is 0.542. The van der Waals surface area contributed by atoms with Crippen molar-refractivity contribution < 1.29 is 4.79 Å². The highest BCUT2D eigenvalue weighted by Gasteiger charge is 2.27. The lowest BCUT2D eigenvalue weighted by atomic mass is 10.2. The van der Waals surface area contributed by atoms with Crippen LogP contribution in [-0.2, 0) is 4.79 Å². The van der Waals surface area contributed by atoms with Crippen LogP contribution in [0.2, 0.25) is 0 Å². The molecule has 3 aromatic rings. The highest BCUT2D eigenvalue weighted by molar-refractivity contribution is 8.00. The van der Waals surface area contributed by atoms with Gasteiger partial charge in [-0.3, -0.25) is 4.79 Å². The molecule has 0 spiro atoms. The Morgan fingerprint density at radius 3 is 2.68 bits per heavy atom. The van der Waals surface area contributed by atoms with E-state index < -0.39 is 0 Å². The maximum Gasteiger partial charge on any atom is 0.234 e. The lowest BCUT2D eigenvalue weighted by Gasteiger charge is -2.09. The summed E-state index contributed by atoms with van der Waals surface area (Å²) in [4.78, 5) is 21.7. The number of aryl methyl sites for hydroxylation is 1. The van der Waals surface area contributed by atoms with E-state index in [9.17, 15) is 4.79 Å². The molecule has 0 bridgehead atoms. The standard InChI is InChI=1S/C20H19N3OS/c1-13-6-2-4-8-16(13)21-18(24)12-25-20-15-7-3-5-9-17(15)22-19(23-20)14-10-11-14/h2-9,14H,10-12H2,1H3,(H,21,24). The number of nitrogens with one attached hydrogen (secondary N) is 1. The van der Waals surface area contributed by atoms with Crippen molar-refractivity contribution in [3.63, 3.8) is 0 Å². The first-order valence-corrected chi connectivity index (χ1v) is 9.44. The Hall–Kier alpha value is -2.40. The molecule has 1 heterocycles. The summed E-state index contributed by atoms with van der Waals surface area (Å²) >= 11 is 1.48. The summed E-state index contributed by atoms with van der Waals surface area (Å²) in [6, 6.07) is 15.8. The van der Waals surface area contributed by atoms with E-state index >= 15 is 0 Å². The van der Waals surface area contributed by atoms with Crippen molar-refractivity contribution in [3.05, 3.63) is 59.9 Å². The lowest BCUT2D eigenvalue weighted by Crippen LogP contribution is -2.15. The van der Waals surface area contributed by atoms with Gasteiger partial charge in [0.1, 0.15) is 10.9 Å². The smallest absolute Gasteiger partial charge is 0.234 e. The van der Waals surface area contributed by atoms with E-state index in [-0.39, 0.29) is 5.91 Å². The van der Waals surface area contributed by atoms with Crippen LogP contribution in [0, 0.1) is 6.92 Å². The first-order chi connectivity index (χ1) is 12.2. The fraction of sp³-hybridized carbons (Fsp3) is 0.250. The van der Waals surface area contributed by atoms with Gasteiger partial charge in [-0.05, 0) is 37.5 Å². The Bertz CT molecular complexity index is 937. The number of hydrogen-bond donors (Lipinski definition) is 1. The third-order valence-corrected chi connectivity index (χ3v) is 5.28. The zero-order valence-corrected chi connectivity index (χ0v) is 14.8. The van der Waals surface area contributed by atoms with E-state index in [1.54, 1.807) is 0 Å². The van der Waals surface area contributed by atoms with Crippen molar-refractivity contribution in [1.29, 1.82) is 0 Å². The second kappa shape index (κ2) is 6.84. The molecule has 4 rings (SSSR count). The first kappa shape index (κ1) is 16.1. The third-order valence-electron chi connectivity index (χ3n) is 4.29. The summed E-state index contributed by atoms with van der Waals surface area (Å²) in [6.07, 6.45) is 2.33. The number of hydrogen-bond acceptors (Lipinski definition) is 4. The van der Waals surface area contributed by atoms with Gasteiger partial charge in [-0.25, -0.2) is 9.97 Å². The summed E-state index contributed by atoms with van der Waals surface area (Å²) in [5.41, 5.74) is 2.88. The molecule has 0 saturated heterocycles. The summed E-state index contributed by atoms with van der Waals surface area (Å²) in [7, 11) is 0. The van der Waals surface area contributed by atoms with Crippen molar-refractivity contribution in [3.8, 4) is 0 Å². The van der Waals surface area contributed by atoms with Gasteiger partial charge in [0, 0.05) is 17.0 Å². The number of nitrogens with zero attached hydrogens (tertiary/aromatic N) is 2. The minimum Gasteiger partial charge on any atom is -0.325 e. The Kier molecular flexibility index (Phi) is 4.40. The second-order valence-corrected chi connectivity index (χ2v) is 7.29. The topological polar surface area (TPSA) is 54.9 Å². The number of rotatable bonds is 5. The second-order valence-electron chi connectivity index (χ2n) is 6.33. The van der Waals surface area contributed by atoms with Crippen molar-refractivity contribution in [2.45, 2.75) is 30.7 Å². The van der Waals surface area contributed by atoms with Crippen LogP contribution in [0.15, 0.2) is 53.6 Å². The highest BCUT2D eigenvalue weighted by Crippen LogP contribution is 2.39. The molecule has 0 radical (unpaired) electrons. The summed E-state index contributed by atoms with van der Waals surface area (Å²) < 4.78 is 0. The van der Waals surface area contributed by atoms with E-state index in [0.717, 1.165) is 45.8 Å². The number of benzene rings is 2. The molecule has 126 valence electrons. The largest absolute Gasteiger partial charge is 0.325 e. The highest BCUT2D eigenvalue weighted by atomic mass is 32.2. The number of thioether (sulfide) groups is 1. The van der Waals surface area contributed by atoms with Crippen molar-refractivity contribution in [2.75, 3.05) is 11.1 Å². The van der Waals surface area contributed by atoms with Crippen LogP contribution in [0.25, 0.3) is 10.9 Å². The predicted molar refractivity (Wildman–Crippen MR) is 102 cm³/mol. The number of amides is 1. The third kappa shape index (κ3) is 3.66. The van der Waals surface area contributed by atoms with E-state index in [1.165, 1.54) is 11.8 Å². The zero-order valence-electron chi connectivity index (χ0n) is 14.0. The van der Waals surface area contributed by atoms with E-state index in [0.29, 0.717) is 11.7 Å². The van der Waals surface area contributed by atoms with Crippen LogP contribution in [0.3, 0.4) is 0 Å². The van der Waals surface area contributed by atoms with E-state index in [2.05, 4.69) is 10.3 Å². The van der Waals surface area contributed by atoms with Crippen LogP contribution in [0.5, 0.6) is 0 Å². The van der Waals surface area contributed by atoms with Gasteiger partial charge in [-0.15, -0.1) is 0 Å².